The van der Waals surface area contributed by atoms with E-state index in [2.05, 4.69) is 21.0 Å². The van der Waals surface area contributed by atoms with E-state index in [-0.39, 0.29) is 22.9 Å². The Hall–Kier alpha value is -1.27. The van der Waals surface area contributed by atoms with Gasteiger partial charge in [-0.3, -0.25) is 9.89 Å². The number of aromatic nitrogens is 2. The third-order valence-corrected chi connectivity index (χ3v) is 3.19. The van der Waals surface area contributed by atoms with Crippen LogP contribution < -0.4 is 5.56 Å². The number of aromatic amines is 1. The van der Waals surface area contributed by atoms with E-state index in [0.29, 0.717) is 9.99 Å². The smallest absolute Gasteiger partial charge is 0.433 e. The zero-order valence-corrected chi connectivity index (χ0v) is 12.7. The summed E-state index contributed by atoms with van der Waals surface area (Å²) >= 11 is 9.27. The molecule has 1 heterocycles. The predicted octanol–water partition coefficient (Wildman–Crippen LogP) is 3.39. The molecule has 0 amide bonds. The lowest BCUT2D eigenvalue weighted by Crippen LogP contribution is -2.19. The summed E-state index contributed by atoms with van der Waals surface area (Å²) in [6.07, 6.45) is -0.630. The van der Waals surface area contributed by atoms with Gasteiger partial charge in [-0.2, -0.15) is 4.68 Å². The van der Waals surface area contributed by atoms with Gasteiger partial charge in [0.2, 0.25) is 0 Å². The molecule has 0 fully saturated rings. The van der Waals surface area contributed by atoms with Gasteiger partial charge >= 0.3 is 6.09 Å². The van der Waals surface area contributed by atoms with Crippen molar-refractivity contribution in [3.8, 4) is 0 Å². The molecule has 2 rings (SSSR count). The molecule has 0 aliphatic carbocycles. The van der Waals surface area contributed by atoms with Crippen LogP contribution in [0.1, 0.15) is 13.8 Å². The number of benzene rings is 1. The molecule has 0 bridgehead atoms. The van der Waals surface area contributed by atoms with Crippen LogP contribution in [0, 0.1) is 5.92 Å². The number of carbonyl (C=O) groups is 1. The number of ether oxygens (including phenoxy) is 1. The van der Waals surface area contributed by atoms with Crippen molar-refractivity contribution in [1.29, 1.82) is 0 Å². The number of halogens is 2. The highest BCUT2D eigenvalue weighted by Gasteiger charge is 2.17. The minimum absolute atomic E-state index is 0.216. The maximum atomic E-state index is 11.9. The number of H-pyrrole nitrogens is 1. The fraction of sp³-hybridized carbons (Fsp3) is 0.333. The van der Waals surface area contributed by atoms with Crippen LogP contribution in [0.15, 0.2) is 21.4 Å². The van der Waals surface area contributed by atoms with Crippen LogP contribution in [0.5, 0.6) is 0 Å². The molecule has 0 radical (unpaired) electrons. The summed E-state index contributed by atoms with van der Waals surface area (Å²) in [5, 5.41) is 2.97. The lowest BCUT2D eigenvalue weighted by atomic mass is 10.2. The SMILES string of the molecule is CC(C)COC(=O)n1[nH]c(=O)c2c(Cl)cc(Br)cc21. The molecular formula is C12H12BrClN2O3. The first kappa shape index (κ1) is 14.1. The van der Waals surface area contributed by atoms with Crippen LogP contribution in [0.25, 0.3) is 10.9 Å². The van der Waals surface area contributed by atoms with Gasteiger partial charge in [0, 0.05) is 4.47 Å². The maximum Gasteiger partial charge on any atom is 0.433 e. The predicted molar refractivity (Wildman–Crippen MR) is 76.9 cm³/mol. The topological polar surface area (TPSA) is 64.1 Å². The molecule has 0 spiro atoms. The molecule has 5 nitrogen and oxygen atoms in total. The Balaban J connectivity index is 2.50. The quantitative estimate of drug-likeness (QED) is 0.905. The van der Waals surface area contributed by atoms with Crippen molar-refractivity contribution in [3.63, 3.8) is 0 Å². The highest BCUT2D eigenvalue weighted by Crippen LogP contribution is 2.25. The summed E-state index contributed by atoms with van der Waals surface area (Å²) in [5.41, 5.74) is -0.0351. The Bertz CT molecular complexity index is 690. The summed E-state index contributed by atoms with van der Waals surface area (Å²) in [6, 6.07) is 3.23. The van der Waals surface area contributed by atoms with Crippen molar-refractivity contribution in [3.05, 3.63) is 32.0 Å². The van der Waals surface area contributed by atoms with Gasteiger partial charge < -0.3 is 4.74 Å². The normalized spacial score (nSPS) is 11.2. The molecule has 1 N–H and O–H groups in total. The van der Waals surface area contributed by atoms with Crippen LogP contribution in [0.3, 0.4) is 0 Å². The van der Waals surface area contributed by atoms with E-state index in [1.54, 1.807) is 12.1 Å². The van der Waals surface area contributed by atoms with Gasteiger partial charge in [-0.15, -0.1) is 0 Å². The molecule has 0 aliphatic heterocycles. The fourth-order valence-corrected chi connectivity index (χ4v) is 2.50. The van der Waals surface area contributed by atoms with Gasteiger partial charge in [0.25, 0.3) is 5.56 Å². The third-order valence-electron chi connectivity index (χ3n) is 2.44. The largest absolute Gasteiger partial charge is 0.448 e. The average Bonchev–Trinajstić information content (AvgIpc) is 2.63. The monoisotopic (exact) mass is 346 g/mol. The highest BCUT2D eigenvalue weighted by atomic mass is 79.9. The minimum Gasteiger partial charge on any atom is -0.448 e. The molecule has 0 saturated carbocycles. The second-order valence-corrected chi connectivity index (χ2v) is 5.85. The summed E-state index contributed by atoms with van der Waals surface area (Å²) in [7, 11) is 0. The van der Waals surface area contributed by atoms with Crippen LogP contribution in [0.2, 0.25) is 5.02 Å². The van der Waals surface area contributed by atoms with Gasteiger partial charge in [0.05, 0.1) is 22.5 Å². The van der Waals surface area contributed by atoms with Crippen molar-refractivity contribution in [2.75, 3.05) is 6.61 Å². The molecule has 0 unspecified atom stereocenters. The lowest BCUT2D eigenvalue weighted by molar-refractivity contribution is 0.132. The molecule has 0 atom stereocenters. The van der Waals surface area contributed by atoms with E-state index in [1.165, 1.54) is 0 Å². The van der Waals surface area contributed by atoms with E-state index in [1.807, 2.05) is 13.8 Å². The molecule has 7 heteroatoms. The molecule has 19 heavy (non-hydrogen) atoms. The van der Waals surface area contributed by atoms with E-state index >= 15 is 0 Å². The molecule has 1 aromatic heterocycles. The van der Waals surface area contributed by atoms with Crippen LogP contribution in [-0.2, 0) is 4.74 Å². The zero-order chi connectivity index (χ0) is 14.2. The summed E-state index contributed by atoms with van der Waals surface area (Å²) in [5.74, 6) is 0.216. The van der Waals surface area contributed by atoms with E-state index < -0.39 is 11.7 Å². The van der Waals surface area contributed by atoms with Gasteiger partial charge in [-0.1, -0.05) is 41.4 Å². The Kier molecular flexibility index (Phi) is 4.01. The van der Waals surface area contributed by atoms with E-state index in [0.717, 1.165) is 4.68 Å². The number of carbonyl (C=O) groups excluding carboxylic acids is 1. The first-order valence-electron chi connectivity index (χ1n) is 5.67. The van der Waals surface area contributed by atoms with Crippen molar-refractivity contribution in [2.45, 2.75) is 13.8 Å². The fourth-order valence-electron chi connectivity index (χ4n) is 1.63. The van der Waals surface area contributed by atoms with Crippen LogP contribution in [0.4, 0.5) is 4.79 Å². The van der Waals surface area contributed by atoms with Gasteiger partial charge in [0.1, 0.15) is 0 Å². The van der Waals surface area contributed by atoms with Gasteiger partial charge in [0.15, 0.2) is 0 Å². The highest BCUT2D eigenvalue weighted by molar-refractivity contribution is 9.10. The van der Waals surface area contributed by atoms with E-state index in [9.17, 15) is 9.59 Å². The Morgan fingerprint density at radius 3 is 2.84 bits per heavy atom. The Morgan fingerprint density at radius 2 is 2.21 bits per heavy atom. The number of nitrogens with zero attached hydrogens (tertiary/aromatic N) is 1. The lowest BCUT2D eigenvalue weighted by Gasteiger charge is -2.08. The Morgan fingerprint density at radius 1 is 1.53 bits per heavy atom. The van der Waals surface area contributed by atoms with E-state index in [4.69, 9.17) is 16.3 Å². The average molecular weight is 348 g/mol. The van der Waals surface area contributed by atoms with Crippen molar-refractivity contribution in [1.82, 2.24) is 9.78 Å². The summed E-state index contributed by atoms with van der Waals surface area (Å²) in [6.45, 7) is 4.14. The summed E-state index contributed by atoms with van der Waals surface area (Å²) in [4.78, 5) is 23.7. The van der Waals surface area contributed by atoms with Crippen LogP contribution in [-0.4, -0.2) is 22.5 Å². The van der Waals surface area contributed by atoms with Gasteiger partial charge in [-0.05, 0) is 18.1 Å². The number of hydrogen-bond acceptors (Lipinski definition) is 3. The number of nitrogens with one attached hydrogen (secondary N) is 1. The molecular weight excluding hydrogens is 336 g/mol. The van der Waals surface area contributed by atoms with Crippen molar-refractivity contribution >= 4 is 44.5 Å². The standard InChI is InChI=1S/C12H12BrClN2O3/c1-6(2)5-19-12(18)16-9-4-7(13)3-8(14)10(9)11(17)15-16/h3-4,6H,5H2,1-2H3,(H,15,17). The molecule has 0 aliphatic rings. The van der Waals surface area contributed by atoms with Gasteiger partial charge in [-0.25, -0.2) is 4.79 Å². The zero-order valence-electron chi connectivity index (χ0n) is 10.4. The molecule has 1 aromatic carbocycles. The number of fused-ring (bicyclic) bond motifs is 1. The number of hydrogen-bond donors (Lipinski definition) is 1. The second-order valence-electron chi connectivity index (χ2n) is 4.53. The summed E-state index contributed by atoms with van der Waals surface area (Å²) < 4.78 is 6.83. The Labute approximate surface area is 122 Å². The maximum absolute atomic E-state index is 11.9. The molecule has 2 aromatic rings. The first-order valence-corrected chi connectivity index (χ1v) is 6.84. The second kappa shape index (κ2) is 5.38. The number of rotatable bonds is 2. The third kappa shape index (κ3) is 2.84. The van der Waals surface area contributed by atoms with Crippen molar-refractivity contribution < 1.29 is 9.53 Å². The van der Waals surface area contributed by atoms with Crippen molar-refractivity contribution in [2.24, 2.45) is 5.92 Å². The molecule has 102 valence electrons. The minimum atomic E-state index is -0.630. The first-order chi connectivity index (χ1) is 8.90. The van der Waals surface area contributed by atoms with Crippen LogP contribution >= 0.6 is 27.5 Å². The molecule has 0 saturated heterocycles.